The van der Waals surface area contributed by atoms with Crippen molar-refractivity contribution in [2.45, 2.75) is 19.9 Å². The molecule has 3 aromatic rings. The average Bonchev–Trinajstić information content (AvgIpc) is 2.71. The standard InChI is InChI=1S/C22H19N3O3/c1-16(26)28-14-4-13-25-21(12-11-17-7-9-18(15-23)10-8-17)24-20-6-3-2-5-19(20)22(25)27/h2-3,5-12H,4,13-14H2,1H3/b12-11+. The molecule has 0 spiro atoms. The first-order valence-corrected chi connectivity index (χ1v) is 8.89. The van der Waals surface area contributed by atoms with Crippen LogP contribution in [0.25, 0.3) is 23.1 Å². The second-order valence-corrected chi connectivity index (χ2v) is 6.20. The van der Waals surface area contributed by atoms with Gasteiger partial charge in [-0.15, -0.1) is 0 Å². The van der Waals surface area contributed by atoms with Crippen LogP contribution in [0.1, 0.15) is 30.3 Å². The van der Waals surface area contributed by atoms with Gasteiger partial charge < -0.3 is 4.74 Å². The van der Waals surface area contributed by atoms with Gasteiger partial charge in [-0.2, -0.15) is 5.26 Å². The summed E-state index contributed by atoms with van der Waals surface area (Å²) in [5, 5.41) is 9.44. The predicted octanol–water partition coefficient (Wildman–Crippen LogP) is 3.39. The van der Waals surface area contributed by atoms with Crippen LogP contribution >= 0.6 is 0 Å². The zero-order chi connectivity index (χ0) is 19.9. The Morgan fingerprint density at radius 3 is 2.64 bits per heavy atom. The van der Waals surface area contributed by atoms with Crippen molar-refractivity contribution in [3.8, 4) is 6.07 Å². The van der Waals surface area contributed by atoms with Crippen molar-refractivity contribution in [2.75, 3.05) is 6.61 Å². The Kier molecular flexibility index (Phi) is 5.97. The second-order valence-electron chi connectivity index (χ2n) is 6.20. The van der Waals surface area contributed by atoms with E-state index in [4.69, 9.17) is 10.00 Å². The van der Waals surface area contributed by atoms with Gasteiger partial charge in [0.15, 0.2) is 0 Å². The van der Waals surface area contributed by atoms with Crippen molar-refractivity contribution in [2.24, 2.45) is 0 Å². The second kappa shape index (κ2) is 8.78. The van der Waals surface area contributed by atoms with Crippen LogP contribution in [0.3, 0.4) is 0 Å². The highest BCUT2D eigenvalue weighted by molar-refractivity contribution is 5.79. The summed E-state index contributed by atoms with van der Waals surface area (Å²) in [5.41, 5.74) is 1.98. The van der Waals surface area contributed by atoms with Gasteiger partial charge in [0.05, 0.1) is 29.1 Å². The third-order valence-electron chi connectivity index (χ3n) is 4.19. The highest BCUT2D eigenvalue weighted by Crippen LogP contribution is 2.12. The molecule has 0 radical (unpaired) electrons. The number of nitrogens with zero attached hydrogens (tertiary/aromatic N) is 3. The fourth-order valence-electron chi connectivity index (χ4n) is 2.81. The topological polar surface area (TPSA) is 85.0 Å². The average molecular weight is 373 g/mol. The molecule has 28 heavy (non-hydrogen) atoms. The number of aromatic nitrogens is 2. The lowest BCUT2D eigenvalue weighted by molar-refractivity contribution is -0.141. The fourth-order valence-corrected chi connectivity index (χ4v) is 2.81. The van der Waals surface area contributed by atoms with E-state index in [9.17, 15) is 9.59 Å². The summed E-state index contributed by atoms with van der Waals surface area (Å²) in [4.78, 5) is 28.5. The smallest absolute Gasteiger partial charge is 0.302 e. The maximum Gasteiger partial charge on any atom is 0.302 e. The lowest BCUT2D eigenvalue weighted by Crippen LogP contribution is -2.24. The van der Waals surface area contributed by atoms with E-state index in [2.05, 4.69) is 11.1 Å². The van der Waals surface area contributed by atoms with Crippen LogP contribution in [0.15, 0.2) is 53.3 Å². The first kappa shape index (κ1) is 19.1. The van der Waals surface area contributed by atoms with E-state index in [1.807, 2.05) is 24.3 Å². The summed E-state index contributed by atoms with van der Waals surface area (Å²) in [6, 6.07) is 16.4. The number of carbonyl (C=O) groups excluding carboxylic acids is 1. The quantitative estimate of drug-likeness (QED) is 0.488. The molecule has 0 saturated heterocycles. The molecule has 6 nitrogen and oxygen atoms in total. The molecule has 140 valence electrons. The van der Waals surface area contributed by atoms with E-state index >= 15 is 0 Å². The van der Waals surface area contributed by atoms with Gasteiger partial charge in [-0.3, -0.25) is 14.2 Å². The molecule has 0 bridgehead atoms. The SMILES string of the molecule is CC(=O)OCCCn1c(/C=C/c2ccc(C#N)cc2)nc2ccccc2c1=O. The van der Waals surface area contributed by atoms with Gasteiger partial charge in [-0.1, -0.05) is 30.3 Å². The predicted molar refractivity (Wildman–Crippen MR) is 107 cm³/mol. The number of rotatable bonds is 6. The maximum absolute atomic E-state index is 12.9. The summed E-state index contributed by atoms with van der Waals surface area (Å²) in [7, 11) is 0. The van der Waals surface area contributed by atoms with E-state index < -0.39 is 0 Å². The summed E-state index contributed by atoms with van der Waals surface area (Å²) < 4.78 is 6.55. The lowest BCUT2D eigenvalue weighted by atomic mass is 10.1. The van der Waals surface area contributed by atoms with Crippen LogP contribution in [0.4, 0.5) is 0 Å². The van der Waals surface area contributed by atoms with E-state index in [1.165, 1.54) is 6.92 Å². The van der Waals surface area contributed by atoms with Gasteiger partial charge in [0.2, 0.25) is 0 Å². The molecule has 0 aliphatic rings. The number of esters is 1. The molecular weight excluding hydrogens is 354 g/mol. The number of fused-ring (bicyclic) bond motifs is 1. The fraction of sp³-hybridized carbons (Fsp3) is 0.182. The molecule has 0 N–H and O–H groups in total. The first-order valence-electron chi connectivity index (χ1n) is 8.89. The van der Waals surface area contributed by atoms with Crippen LogP contribution in [0.5, 0.6) is 0 Å². The number of hydrogen-bond donors (Lipinski definition) is 0. The molecule has 0 fully saturated rings. The minimum Gasteiger partial charge on any atom is -0.466 e. The summed E-state index contributed by atoms with van der Waals surface area (Å²) in [6.45, 7) is 1.99. The van der Waals surface area contributed by atoms with E-state index in [0.717, 1.165) is 5.56 Å². The van der Waals surface area contributed by atoms with Crippen molar-refractivity contribution in [1.82, 2.24) is 9.55 Å². The molecular formula is C22H19N3O3. The Hall–Kier alpha value is -3.72. The van der Waals surface area contributed by atoms with Crippen LogP contribution in [-0.2, 0) is 16.1 Å². The minimum atomic E-state index is -0.343. The molecule has 0 atom stereocenters. The number of benzene rings is 2. The van der Waals surface area contributed by atoms with Crippen LogP contribution in [0.2, 0.25) is 0 Å². The third kappa shape index (κ3) is 4.51. The Balaban J connectivity index is 1.94. The van der Waals surface area contributed by atoms with Gasteiger partial charge >= 0.3 is 5.97 Å². The van der Waals surface area contributed by atoms with Crippen LogP contribution in [0, 0.1) is 11.3 Å². The monoisotopic (exact) mass is 373 g/mol. The third-order valence-corrected chi connectivity index (χ3v) is 4.19. The minimum absolute atomic E-state index is 0.132. The van der Waals surface area contributed by atoms with Crippen LogP contribution in [-0.4, -0.2) is 22.1 Å². The van der Waals surface area contributed by atoms with Crippen molar-refractivity contribution in [3.63, 3.8) is 0 Å². The molecule has 2 aromatic carbocycles. The highest BCUT2D eigenvalue weighted by atomic mass is 16.5. The van der Waals surface area contributed by atoms with Crippen molar-refractivity contribution in [3.05, 3.63) is 75.8 Å². The van der Waals surface area contributed by atoms with Crippen molar-refractivity contribution in [1.29, 1.82) is 5.26 Å². The number of para-hydroxylation sites is 1. The molecule has 0 aliphatic carbocycles. The molecule has 0 amide bonds. The van der Waals surface area contributed by atoms with E-state index in [0.29, 0.717) is 35.3 Å². The molecule has 3 rings (SSSR count). The van der Waals surface area contributed by atoms with Gasteiger partial charge in [0, 0.05) is 13.5 Å². The van der Waals surface area contributed by atoms with Gasteiger partial charge in [-0.25, -0.2) is 4.98 Å². The molecule has 0 unspecified atom stereocenters. The van der Waals surface area contributed by atoms with Gasteiger partial charge in [-0.05, 0) is 42.3 Å². The van der Waals surface area contributed by atoms with Gasteiger partial charge in [0.25, 0.3) is 5.56 Å². The molecule has 0 aliphatic heterocycles. The summed E-state index contributed by atoms with van der Waals surface area (Å²) in [5.74, 6) is 0.181. The molecule has 1 aromatic heterocycles. The van der Waals surface area contributed by atoms with Gasteiger partial charge in [0.1, 0.15) is 5.82 Å². The number of nitriles is 1. The molecule has 6 heteroatoms. The Morgan fingerprint density at radius 1 is 1.18 bits per heavy atom. The number of ether oxygens (including phenoxy) is 1. The van der Waals surface area contributed by atoms with Crippen molar-refractivity contribution < 1.29 is 9.53 Å². The maximum atomic E-state index is 12.9. The Labute approximate surface area is 162 Å². The largest absolute Gasteiger partial charge is 0.466 e. The number of hydrogen-bond acceptors (Lipinski definition) is 5. The number of carbonyl (C=O) groups is 1. The zero-order valence-electron chi connectivity index (χ0n) is 15.5. The molecule has 0 saturated carbocycles. The highest BCUT2D eigenvalue weighted by Gasteiger charge is 2.09. The zero-order valence-corrected chi connectivity index (χ0v) is 15.5. The lowest BCUT2D eigenvalue weighted by Gasteiger charge is -2.11. The Morgan fingerprint density at radius 2 is 1.93 bits per heavy atom. The summed E-state index contributed by atoms with van der Waals surface area (Å²) >= 11 is 0. The van der Waals surface area contributed by atoms with Crippen molar-refractivity contribution >= 4 is 29.0 Å². The Bertz CT molecular complexity index is 1120. The van der Waals surface area contributed by atoms with E-state index in [1.54, 1.807) is 41.0 Å². The van der Waals surface area contributed by atoms with Crippen LogP contribution < -0.4 is 5.56 Å². The van der Waals surface area contributed by atoms with E-state index in [-0.39, 0.29) is 18.1 Å². The molecule has 1 heterocycles. The summed E-state index contributed by atoms with van der Waals surface area (Å²) in [6.07, 6.45) is 4.14. The first-order chi connectivity index (χ1) is 13.6. The normalized spacial score (nSPS) is 10.9.